The number of carbonyl (C=O) groups excluding carboxylic acids is 2. The van der Waals surface area contributed by atoms with E-state index in [1.807, 2.05) is 80.3 Å². The van der Waals surface area contributed by atoms with Gasteiger partial charge in [0.25, 0.3) is 0 Å². The Morgan fingerprint density at radius 3 is 2.26 bits per heavy atom. The largest absolute Gasteiger partial charge is 0.444 e. The number of para-hydroxylation sites is 1. The Bertz CT molecular complexity index is 1140. The summed E-state index contributed by atoms with van der Waals surface area (Å²) in [7, 11) is 0. The smallest absolute Gasteiger partial charge is 0.410 e. The van der Waals surface area contributed by atoms with Crippen LogP contribution in [0.25, 0.3) is 11.5 Å². The maximum Gasteiger partial charge on any atom is 0.410 e. The highest BCUT2D eigenvalue weighted by atomic mass is 16.6. The quantitative estimate of drug-likeness (QED) is 0.501. The number of piperidine rings is 1. The molecule has 184 valence electrons. The number of hydrogen-bond acceptors (Lipinski definition) is 6. The number of amides is 2. The van der Waals surface area contributed by atoms with Crippen LogP contribution in [0.3, 0.4) is 0 Å². The average Bonchev–Trinajstić information content (AvgIpc) is 3.28. The van der Waals surface area contributed by atoms with Crippen LogP contribution in [0.5, 0.6) is 0 Å². The maximum atomic E-state index is 13.7. The maximum absolute atomic E-state index is 13.7. The molecular formula is C27H32N4O4. The monoisotopic (exact) mass is 476 g/mol. The summed E-state index contributed by atoms with van der Waals surface area (Å²) in [5.74, 6) is 0.899. The molecule has 0 radical (unpaired) electrons. The number of benzene rings is 2. The van der Waals surface area contributed by atoms with Crippen LogP contribution in [-0.2, 0) is 16.1 Å². The van der Waals surface area contributed by atoms with Crippen molar-refractivity contribution >= 4 is 17.7 Å². The Kier molecular flexibility index (Phi) is 7.19. The second-order valence-electron chi connectivity index (χ2n) is 9.82. The van der Waals surface area contributed by atoms with Gasteiger partial charge in [0.05, 0.1) is 6.54 Å². The predicted octanol–water partition coefficient (Wildman–Crippen LogP) is 5.23. The molecule has 8 heteroatoms. The van der Waals surface area contributed by atoms with Crippen LogP contribution in [0.4, 0.5) is 10.5 Å². The zero-order valence-corrected chi connectivity index (χ0v) is 20.7. The van der Waals surface area contributed by atoms with Gasteiger partial charge >= 0.3 is 6.09 Å². The fourth-order valence-corrected chi connectivity index (χ4v) is 4.11. The lowest BCUT2D eigenvalue weighted by molar-refractivity contribution is -0.124. The van der Waals surface area contributed by atoms with Gasteiger partial charge in [-0.3, -0.25) is 4.79 Å². The second-order valence-corrected chi connectivity index (χ2v) is 9.82. The van der Waals surface area contributed by atoms with E-state index in [1.54, 1.807) is 11.8 Å². The van der Waals surface area contributed by atoms with E-state index in [2.05, 4.69) is 10.2 Å². The molecule has 3 aromatic rings. The topological polar surface area (TPSA) is 88.8 Å². The predicted molar refractivity (Wildman–Crippen MR) is 133 cm³/mol. The highest BCUT2D eigenvalue weighted by Gasteiger charge is 2.32. The van der Waals surface area contributed by atoms with E-state index in [4.69, 9.17) is 9.15 Å². The lowest BCUT2D eigenvalue weighted by Gasteiger charge is -2.35. The molecule has 1 aliphatic rings. The molecule has 1 saturated heterocycles. The van der Waals surface area contributed by atoms with Crippen molar-refractivity contribution in [3.63, 3.8) is 0 Å². The molecule has 0 spiro atoms. The molecule has 8 nitrogen and oxygen atoms in total. The van der Waals surface area contributed by atoms with Gasteiger partial charge in [-0.05, 0) is 63.4 Å². The molecule has 0 N–H and O–H groups in total. The number of carbonyl (C=O) groups is 2. The number of hydrogen-bond donors (Lipinski definition) is 0. The standard InChI is InChI=1S/C27H32N4O4/c1-19-28-29-24(34-19)21-12-10-20(11-13-21)18-31(23-8-6-5-7-9-23)25(32)22-14-16-30(17-15-22)26(33)35-27(2,3)4/h5-13,22H,14-18H2,1-4H3. The van der Waals surface area contributed by atoms with Gasteiger partial charge in [-0.15, -0.1) is 10.2 Å². The van der Waals surface area contributed by atoms with E-state index in [-0.39, 0.29) is 17.9 Å². The first kappa shape index (κ1) is 24.4. The van der Waals surface area contributed by atoms with Gasteiger partial charge < -0.3 is 19.0 Å². The summed E-state index contributed by atoms with van der Waals surface area (Å²) in [6.45, 7) is 8.78. The van der Waals surface area contributed by atoms with Crippen LogP contribution < -0.4 is 4.90 Å². The normalized spacial score (nSPS) is 14.6. The molecule has 1 aromatic heterocycles. The first-order valence-corrected chi connectivity index (χ1v) is 11.9. The molecule has 0 bridgehead atoms. The summed E-state index contributed by atoms with van der Waals surface area (Å²) in [4.78, 5) is 29.6. The van der Waals surface area contributed by atoms with E-state index in [9.17, 15) is 9.59 Å². The molecule has 0 atom stereocenters. The molecule has 1 fully saturated rings. The average molecular weight is 477 g/mol. The van der Waals surface area contributed by atoms with Crippen molar-refractivity contribution in [3.8, 4) is 11.5 Å². The molecule has 0 saturated carbocycles. The Balaban J connectivity index is 1.46. The number of anilines is 1. The summed E-state index contributed by atoms with van der Waals surface area (Å²) in [5.41, 5.74) is 2.14. The minimum absolute atomic E-state index is 0.0663. The Labute approximate surface area is 205 Å². The second kappa shape index (κ2) is 10.3. The number of likely N-dealkylation sites (tertiary alicyclic amines) is 1. The molecular weight excluding hydrogens is 444 g/mol. The van der Waals surface area contributed by atoms with Gasteiger partial charge in [-0.1, -0.05) is 30.3 Å². The number of aryl methyl sites for hydroxylation is 1. The van der Waals surface area contributed by atoms with Crippen molar-refractivity contribution in [1.29, 1.82) is 0 Å². The zero-order chi connectivity index (χ0) is 25.0. The summed E-state index contributed by atoms with van der Waals surface area (Å²) in [6, 6.07) is 17.5. The third kappa shape index (κ3) is 6.26. The van der Waals surface area contributed by atoms with Gasteiger partial charge in [-0.25, -0.2) is 4.79 Å². The minimum Gasteiger partial charge on any atom is -0.444 e. The highest BCUT2D eigenvalue weighted by molar-refractivity contribution is 5.95. The fourth-order valence-electron chi connectivity index (χ4n) is 4.11. The van der Waals surface area contributed by atoms with Crippen LogP contribution in [0, 0.1) is 12.8 Å². The fraction of sp³-hybridized carbons (Fsp3) is 0.407. The van der Waals surface area contributed by atoms with E-state index in [1.165, 1.54) is 0 Å². The molecule has 0 unspecified atom stereocenters. The summed E-state index contributed by atoms with van der Waals surface area (Å²) < 4.78 is 11.0. The molecule has 2 heterocycles. The highest BCUT2D eigenvalue weighted by Crippen LogP contribution is 2.27. The van der Waals surface area contributed by atoms with E-state index in [0.717, 1.165) is 16.8 Å². The SMILES string of the molecule is Cc1nnc(-c2ccc(CN(C(=O)C3CCN(C(=O)OC(C)(C)C)CC3)c3ccccc3)cc2)o1. The summed E-state index contributed by atoms with van der Waals surface area (Å²) in [5, 5.41) is 7.94. The number of aromatic nitrogens is 2. The van der Waals surface area contributed by atoms with E-state index in [0.29, 0.717) is 44.3 Å². The molecule has 1 aliphatic heterocycles. The minimum atomic E-state index is -0.536. The number of rotatable bonds is 5. The van der Waals surface area contributed by atoms with Crippen molar-refractivity contribution in [2.45, 2.75) is 52.7 Å². The third-order valence-corrected chi connectivity index (χ3v) is 5.90. The summed E-state index contributed by atoms with van der Waals surface area (Å²) in [6.07, 6.45) is 0.896. The van der Waals surface area contributed by atoms with Crippen molar-refractivity contribution in [2.24, 2.45) is 5.92 Å². The van der Waals surface area contributed by atoms with Gasteiger partial charge in [0, 0.05) is 37.2 Å². The van der Waals surface area contributed by atoms with Crippen molar-refractivity contribution in [3.05, 3.63) is 66.1 Å². The first-order chi connectivity index (χ1) is 16.7. The van der Waals surface area contributed by atoms with Crippen LogP contribution in [0.1, 0.15) is 45.1 Å². The van der Waals surface area contributed by atoms with Gasteiger partial charge in [-0.2, -0.15) is 0 Å². The van der Waals surface area contributed by atoms with Crippen molar-refractivity contribution in [2.75, 3.05) is 18.0 Å². The Morgan fingerprint density at radius 2 is 1.69 bits per heavy atom. The Morgan fingerprint density at radius 1 is 1.03 bits per heavy atom. The first-order valence-electron chi connectivity index (χ1n) is 11.9. The number of nitrogens with zero attached hydrogens (tertiary/aromatic N) is 4. The van der Waals surface area contributed by atoms with Gasteiger partial charge in [0.15, 0.2) is 0 Å². The molecule has 2 aromatic carbocycles. The third-order valence-electron chi connectivity index (χ3n) is 5.90. The van der Waals surface area contributed by atoms with Crippen molar-refractivity contribution < 1.29 is 18.7 Å². The molecule has 35 heavy (non-hydrogen) atoms. The van der Waals surface area contributed by atoms with E-state index >= 15 is 0 Å². The van der Waals surface area contributed by atoms with E-state index < -0.39 is 5.60 Å². The lowest BCUT2D eigenvalue weighted by atomic mass is 9.95. The summed E-state index contributed by atoms with van der Waals surface area (Å²) >= 11 is 0. The van der Waals surface area contributed by atoms with Crippen LogP contribution in [0.15, 0.2) is 59.0 Å². The van der Waals surface area contributed by atoms with Gasteiger partial charge in [0.2, 0.25) is 17.7 Å². The van der Waals surface area contributed by atoms with Gasteiger partial charge in [0.1, 0.15) is 5.60 Å². The number of ether oxygens (including phenoxy) is 1. The zero-order valence-electron chi connectivity index (χ0n) is 20.7. The van der Waals surface area contributed by atoms with Crippen LogP contribution in [0.2, 0.25) is 0 Å². The molecule has 0 aliphatic carbocycles. The van der Waals surface area contributed by atoms with Crippen LogP contribution in [-0.4, -0.2) is 45.8 Å². The molecule has 2 amide bonds. The lowest BCUT2D eigenvalue weighted by Crippen LogP contribution is -2.45. The van der Waals surface area contributed by atoms with Crippen LogP contribution >= 0.6 is 0 Å². The Hall–Kier alpha value is -3.68. The van der Waals surface area contributed by atoms with Crippen molar-refractivity contribution in [1.82, 2.24) is 15.1 Å². The molecule has 4 rings (SSSR count).